The lowest BCUT2D eigenvalue weighted by Crippen LogP contribution is -1.95. The zero-order chi connectivity index (χ0) is 15.8. The van der Waals surface area contributed by atoms with Crippen molar-refractivity contribution < 1.29 is 4.39 Å². The summed E-state index contributed by atoms with van der Waals surface area (Å²) in [6.45, 7) is 0. The molecule has 0 amide bonds. The number of hydrogen-bond acceptors (Lipinski definition) is 4. The molecule has 1 aromatic carbocycles. The molecular formula is C17H10FN5. The quantitative estimate of drug-likeness (QED) is 0.589. The van der Waals surface area contributed by atoms with Gasteiger partial charge in [-0.2, -0.15) is 5.26 Å². The van der Waals surface area contributed by atoms with Crippen molar-refractivity contribution in [2.24, 2.45) is 0 Å². The molecule has 0 spiro atoms. The van der Waals surface area contributed by atoms with E-state index in [4.69, 9.17) is 5.26 Å². The molecule has 110 valence electrons. The van der Waals surface area contributed by atoms with E-state index < -0.39 is 5.82 Å². The number of fused-ring (bicyclic) bond motifs is 3. The molecule has 5 nitrogen and oxygen atoms in total. The molecule has 4 rings (SSSR count). The summed E-state index contributed by atoms with van der Waals surface area (Å²) in [7, 11) is 0. The number of H-pyrrole nitrogens is 1. The lowest BCUT2D eigenvalue weighted by atomic mass is 10.2. The second kappa shape index (κ2) is 5.07. The van der Waals surface area contributed by atoms with Gasteiger partial charge in [-0.3, -0.25) is 4.98 Å². The monoisotopic (exact) mass is 303 g/mol. The van der Waals surface area contributed by atoms with Crippen LogP contribution in [-0.2, 0) is 0 Å². The molecule has 0 aliphatic rings. The molecule has 0 radical (unpaired) electrons. The summed E-state index contributed by atoms with van der Waals surface area (Å²) in [5.74, 6) is 0.0668. The Hall–Kier alpha value is -3.46. The summed E-state index contributed by atoms with van der Waals surface area (Å²) >= 11 is 0. The second-order valence-electron chi connectivity index (χ2n) is 5.07. The molecule has 0 bridgehead atoms. The van der Waals surface area contributed by atoms with Crippen LogP contribution in [0.1, 0.15) is 5.56 Å². The summed E-state index contributed by atoms with van der Waals surface area (Å²) in [4.78, 5) is 11.9. The molecule has 0 aliphatic carbocycles. The van der Waals surface area contributed by atoms with Gasteiger partial charge in [-0.25, -0.2) is 9.37 Å². The highest BCUT2D eigenvalue weighted by Crippen LogP contribution is 2.25. The fraction of sp³-hybridized carbons (Fsp3) is 0. The number of nitrogens with zero attached hydrogens (tertiary/aromatic N) is 3. The highest BCUT2D eigenvalue weighted by molar-refractivity contribution is 6.05. The molecule has 0 atom stereocenters. The highest BCUT2D eigenvalue weighted by Gasteiger charge is 2.07. The van der Waals surface area contributed by atoms with Gasteiger partial charge in [0.2, 0.25) is 0 Å². The van der Waals surface area contributed by atoms with E-state index in [1.54, 1.807) is 18.5 Å². The van der Waals surface area contributed by atoms with Crippen molar-refractivity contribution in [3.63, 3.8) is 0 Å². The van der Waals surface area contributed by atoms with E-state index in [-0.39, 0.29) is 5.56 Å². The van der Waals surface area contributed by atoms with Crippen LogP contribution in [0.15, 0.2) is 48.8 Å². The Balaban J connectivity index is 1.75. The van der Waals surface area contributed by atoms with Gasteiger partial charge in [-0.15, -0.1) is 0 Å². The first-order valence-corrected chi connectivity index (χ1v) is 6.94. The lowest BCUT2D eigenvalue weighted by molar-refractivity contribution is 0.624. The van der Waals surface area contributed by atoms with Crippen molar-refractivity contribution in [1.82, 2.24) is 15.0 Å². The number of anilines is 2. The van der Waals surface area contributed by atoms with E-state index in [2.05, 4.69) is 20.3 Å². The average Bonchev–Trinajstić information content (AvgIpc) is 2.94. The Bertz CT molecular complexity index is 1080. The molecular weight excluding hydrogens is 293 g/mol. The summed E-state index contributed by atoms with van der Waals surface area (Å²) < 4.78 is 13.4. The minimum absolute atomic E-state index is 0.00670. The number of aromatic nitrogens is 3. The number of aromatic amines is 1. The Kier molecular flexibility index (Phi) is 2.91. The number of pyridine rings is 2. The molecule has 3 aromatic heterocycles. The van der Waals surface area contributed by atoms with Gasteiger partial charge in [-0.05, 0) is 36.4 Å². The van der Waals surface area contributed by atoms with Crippen LogP contribution in [-0.4, -0.2) is 15.0 Å². The minimum Gasteiger partial charge on any atom is -0.340 e. The molecule has 6 heteroatoms. The highest BCUT2D eigenvalue weighted by atomic mass is 19.1. The van der Waals surface area contributed by atoms with E-state index in [0.717, 1.165) is 21.9 Å². The number of nitriles is 1. The van der Waals surface area contributed by atoms with Gasteiger partial charge in [0.05, 0.1) is 11.1 Å². The van der Waals surface area contributed by atoms with E-state index in [0.29, 0.717) is 11.5 Å². The normalized spacial score (nSPS) is 10.8. The van der Waals surface area contributed by atoms with Crippen molar-refractivity contribution in [3.05, 3.63) is 60.2 Å². The molecule has 23 heavy (non-hydrogen) atoms. The van der Waals surface area contributed by atoms with Crippen molar-refractivity contribution in [1.29, 1.82) is 5.26 Å². The first kappa shape index (κ1) is 13.2. The minimum atomic E-state index is -0.537. The maximum absolute atomic E-state index is 13.4. The molecule has 0 saturated heterocycles. The number of benzene rings is 1. The van der Waals surface area contributed by atoms with Gasteiger partial charge in [0.25, 0.3) is 0 Å². The standard InChI is InChI=1S/C17H10FN5/c18-14-3-1-11(7-10(14)8-19)21-16-4-2-12-13-9-20-6-5-15(13)22-17(12)23-16/h1-7,9H,(H2,21,22,23). The number of nitrogens with one attached hydrogen (secondary N) is 2. The van der Waals surface area contributed by atoms with E-state index in [9.17, 15) is 4.39 Å². The fourth-order valence-electron chi connectivity index (χ4n) is 2.52. The van der Waals surface area contributed by atoms with Crippen molar-refractivity contribution in [3.8, 4) is 6.07 Å². The summed E-state index contributed by atoms with van der Waals surface area (Å²) in [5.41, 5.74) is 2.30. The van der Waals surface area contributed by atoms with Crippen LogP contribution < -0.4 is 5.32 Å². The Morgan fingerprint density at radius 2 is 2.04 bits per heavy atom. The predicted octanol–water partition coefficient (Wildman–Crippen LogP) is 3.87. The van der Waals surface area contributed by atoms with Crippen LogP contribution in [0.4, 0.5) is 15.9 Å². The zero-order valence-electron chi connectivity index (χ0n) is 11.8. The Morgan fingerprint density at radius 3 is 2.91 bits per heavy atom. The Morgan fingerprint density at radius 1 is 1.13 bits per heavy atom. The molecule has 2 N–H and O–H groups in total. The van der Waals surface area contributed by atoms with Crippen LogP contribution in [0.25, 0.3) is 21.9 Å². The summed E-state index contributed by atoms with van der Waals surface area (Å²) in [5, 5.41) is 14.0. The Labute approximate surface area is 130 Å². The van der Waals surface area contributed by atoms with Crippen molar-refractivity contribution in [2.75, 3.05) is 5.32 Å². The molecule has 0 unspecified atom stereocenters. The maximum atomic E-state index is 13.4. The SMILES string of the molecule is N#Cc1cc(Nc2ccc3c(n2)[nH]c2ccncc23)ccc1F. The third-order valence-electron chi connectivity index (χ3n) is 3.62. The molecule has 0 fully saturated rings. The number of rotatable bonds is 2. The molecule has 0 saturated carbocycles. The van der Waals surface area contributed by atoms with Gasteiger partial charge in [0.1, 0.15) is 23.4 Å². The maximum Gasteiger partial charge on any atom is 0.141 e. The van der Waals surface area contributed by atoms with Gasteiger partial charge in [-0.1, -0.05) is 0 Å². The first-order valence-electron chi connectivity index (χ1n) is 6.94. The van der Waals surface area contributed by atoms with E-state index in [1.165, 1.54) is 12.1 Å². The van der Waals surface area contributed by atoms with Gasteiger partial charge in [0.15, 0.2) is 0 Å². The zero-order valence-corrected chi connectivity index (χ0v) is 11.8. The topological polar surface area (TPSA) is 77.4 Å². The van der Waals surface area contributed by atoms with E-state index >= 15 is 0 Å². The fourth-order valence-corrected chi connectivity index (χ4v) is 2.52. The third kappa shape index (κ3) is 2.24. The van der Waals surface area contributed by atoms with Crippen LogP contribution in [0.5, 0.6) is 0 Å². The van der Waals surface area contributed by atoms with Crippen LogP contribution in [0.2, 0.25) is 0 Å². The molecule has 0 aliphatic heterocycles. The van der Waals surface area contributed by atoms with Crippen molar-refractivity contribution >= 4 is 33.4 Å². The second-order valence-corrected chi connectivity index (χ2v) is 5.07. The first-order chi connectivity index (χ1) is 11.2. The van der Waals surface area contributed by atoms with Gasteiger partial charge in [0, 0.05) is 28.9 Å². The summed E-state index contributed by atoms with van der Waals surface area (Å²) in [6.07, 6.45) is 3.51. The number of hydrogen-bond donors (Lipinski definition) is 2. The lowest BCUT2D eigenvalue weighted by Gasteiger charge is -2.06. The van der Waals surface area contributed by atoms with Crippen molar-refractivity contribution in [2.45, 2.75) is 0 Å². The van der Waals surface area contributed by atoms with Crippen LogP contribution in [0.3, 0.4) is 0 Å². The molecule has 3 heterocycles. The van der Waals surface area contributed by atoms with Gasteiger partial charge >= 0.3 is 0 Å². The predicted molar refractivity (Wildman–Crippen MR) is 85.8 cm³/mol. The largest absolute Gasteiger partial charge is 0.340 e. The summed E-state index contributed by atoms with van der Waals surface area (Å²) in [6, 6.07) is 11.8. The number of halogens is 1. The van der Waals surface area contributed by atoms with Gasteiger partial charge < -0.3 is 10.3 Å². The molecule has 4 aromatic rings. The van der Waals surface area contributed by atoms with Crippen LogP contribution in [0, 0.1) is 17.1 Å². The average molecular weight is 303 g/mol. The third-order valence-corrected chi connectivity index (χ3v) is 3.62. The smallest absolute Gasteiger partial charge is 0.141 e. The van der Waals surface area contributed by atoms with E-state index in [1.807, 2.05) is 24.3 Å². The van der Waals surface area contributed by atoms with Crippen LogP contribution >= 0.6 is 0 Å².